The van der Waals surface area contributed by atoms with Crippen molar-refractivity contribution in [3.63, 3.8) is 0 Å². The number of carbonyl (C=O) groups excluding carboxylic acids is 1. The number of fused-ring (bicyclic) bond motifs is 1. The van der Waals surface area contributed by atoms with Crippen LogP contribution in [0.5, 0.6) is 5.75 Å². The number of hydrogen-bond donors (Lipinski definition) is 2. The Balaban J connectivity index is 1.47. The van der Waals surface area contributed by atoms with Crippen LogP contribution in [0.25, 0.3) is 16.6 Å². The third kappa shape index (κ3) is 4.20. The lowest BCUT2D eigenvalue weighted by Gasteiger charge is -2.20. The van der Waals surface area contributed by atoms with E-state index in [9.17, 15) is 4.79 Å². The van der Waals surface area contributed by atoms with E-state index in [1.807, 2.05) is 67.7 Å². The molecule has 0 aliphatic heterocycles. The van der Waals surface area contributed by atoms with E-state index in [1.54, 1.807) is 10.7 Å². The van der Waals surface area contributed by atoms with Crippen molar-refractivity contribution in [1.29, 1.82) is 0 Å². The summed E-state index contributed by atoms with van der Waals surface area (Å²) in [5.74, 6) is 1.41. The van der Waals surface area contributed by atoms with Crippen LogP contribution in [-0.4, -0.2) is 27.0 Å². The van der Waals surface area contributed by atoms with Gasteiger partial charge in [0.2, 0.25) is 5.91 Å². The number of benzene rings is 1. The molecule has 162 valence electrons. The van der Waals surface area contributed by atoms with Crippen LogP contribution in [0.3, 0.4) is 0 Å². The third-order valence-electron chi connectivity index (χ3n) is 5.63. The zero-order chi connectivity index (χ0) is 22.1. The largest absolute Gasteiger partial charge is 0.482 e. The first-order chi connectivity index (χ1) is 15.6. The highest BCUT2D eigenvalue weighted by Gasteiger charge is 2.30. The first kappa shape index (κ1) is 20.2. The van der Waals surface area contributed by atoms with Crippen molar-refractivity contribution in [2.75, 3.05) is 11.9 Å². The summed E-state index contributed by atoms with van der Waals surface area (Å²) >= 11 is 0. The van der Waals surface area contributed by atoms with E-state index >= 15 is 0 Å². The number of aromatic nitrogens is 3. The van der Waals surface area contributed by atoms with Crippen LogP contribution in [-0.2, 0) is 4.79 Å². The second-order valence-corrected chi connectivity index (χ2v) is 8.15. The maximum Gasteiger partial charge on any atom is 0.228 e. The SMILES string of the molecule is Cc1cc(-c2ccn3nc(NC(=O)C4CC4)cc3c2)c(O[C@H](CN)c2ccccc2)cn1. The molecule has 32 heavy (non-hydrogen) atoms. The van der Waals surface area contributed by atoms with Gasteiger partial charge in [0.05, 0.1) is 11.7 Å². The Morgan fingerprint density at radius 3 is 2.78 bits per heavy atom. The van der Waals surface area contributed by atoms with Crippen molar-refractivity contribution in [3.05, 3.63) is 78.2 Å². The molecule has 1 atom stereocenters. The highest BCUT2D eigenvalue weighted by Crippen LogP contribution is 2.34. The molecular formula is C25H25N5O2. The van der Waals surface area contributed by atoms with E-state index in [-0.39, 0.29) is 17.9 Å². The number of ether oxygens (including phenoxy) is 1. The average Bonchev–Trinajstić information content (AvgIpc) is 3.59. The third-order valence-corrected chi connectivity index (χ3v) is 5.63. The van der Waals surface area contributed by atoms with Gasteiger partial charge in [-0.25, -0.2) is 4.52 Å². The van der Waals surface area contributed by atoms with Gasteiger partial charge in [-0.15, -0.1) is 0 Å². The summed E-state index contributed by atoms with van der Waals surface area (Å²) in [5, 5.41) is 7.37. The summed E-state index contributed by atoms with van der Waals surface area (Å²) in [5.41, 5.74) is 10.7. The Morgan fingerprint density at radius 2 is 2.03 bits per heavy atom. The average molecular weight is 428 g/mol. The van der Waals surface area contributed by atoms with E-state index in [1.165, 1.54) is 0 Å². The summed E-state index contributed by atoms with van der Waals surface area (Å²) in [7, 11) is 0. The summed E-state index contributed by atoms with van der Waals surface area (Å²) in [4.78, 5) is 16.5. The van der Waals surface area contributed by atoms with Crippen molar-refractivity contribution in [1.82, 2.24) is 14.6 Å². The molecule has 0 unspecified atom stereocenters. The maximum atomic E-state index is 12.1. The summed E-state index contributed by atoms with van der Waals surface area (Å²) in [6.07, 6.45) is 5.27. The number of nitrogens with zero attached hydrogens (tertiary/aromatic N) is 3. The van der Waals surface area contributed by atoms with E-state index in [4.69, 9.17) is 10.5 Å². The van der Waals surface area contributed by atoms with Gasteiger partial charge in [0.1, 0.15) is 11.9 Å². The lowest BCUT2D eigenvalue weighted by Crippen LogP contribution is -2.18. The van der Waals surface area contributed by atoms with Crippen molar-refractivity contribution in [2.24, 2.45) is 11.7 Å². The second kappa shape index (κ2) is 8.43. The molecule has 0 bridgehead atoms. The van der Waals surface area contributed by atoms with Crippen LogP contribution >= 0.6 is 0 Å². The number of amides is 1. The molecule has 1 aliphatic rings. The van der Waals surface area contributed by atoms with E-state index in [2.05, 4.69) is 15.4 Å². The van der Waals surface area contributed by atoms with Crippen molar-refractivity contribution >= 4 is 17.2 Å². The van der Waals surface area contributed by atoms with Gasteiger partial charge >= 0.3 is 0 Å². The molecule has 1 aliphatic carbocycles. The number of pyridine rings is 2. The Kier molecular flexibility index (Phi) is 5.33. The number of carbonyl (C=O) groups is 1. The molecule has 1 fully saturated rings. The van der Waals surface area contributed by atoms with Crippen molar-refractivity contribution < 1.29 is 9.53 Å². The number of aryl methyl sites for hydroxylation is 1. The number of anilines is 1. The summed E-state index contributed by atoms with van der Waals surface area (Å²) in [6.45, 7) is 2.30. The van der Waals surface area contributed by atoms with Gasteiger partial charge in [0.15, 0.2) is 5.82 Å². The van der Waals surface area contributed by atoms with E-state index < -0.39 is 0 Å². The lowest BCUT2D eigenvalue weighted by molar-refractivity contribution is -0.117. The van der Waals surface area contributed by atoms with Gasteiger partial charge < -0.3 is 15.8 Å². The fourth-order valence-corrected chi connectivity index (χ4v) is 3.74. The molecule has 0 radical (unpaired) electrons. The fraction of sp³-hybridized carbons (Fsp3) is 0.240. The second-order valence-electron chi connectivity index (χ2n) is 8.15. The monoisotopic (exact) mass is 427 g/mol. The van der Waals surface area contributed by atoms with Gasteiger partial charge in [-0.2, -0.15) is 5.10 Å². The Hall–Kier alpha value is -3.71. The number of hydrogen-bond acceptors (Lipinski definition) is 5. The molecule has 0 saturated heterocycles. The number of rotatable bonds is 7. The fourth-order valence-electron chi connectivity index (χ4n) is 3.74. The minimum absolute atomic E-state index is 0.0443. The zero-order valence-electron chi connectivity index (χ0n) is 17.9. The van der Waals surface area contributed by atoms with Gasteiger partial charge in [0, 0.05) is 36.0 Å². The normalized spacial score (nSPS) is 14.3. The number of nitrogens with one attached hydrogen (secondary N) is 1. The van der Waals surface area contributed by atoms with Crippen LogP contribution in [0, 0.1) is 12.8 Å². The summed E-state index contributed by atoms with van der Waals surface area (Å²) in [6, 6.07) is 17.8. The molecule has 5 rings (SSSR count). The van der Waals surface area contributed by atoms with Crippen LogP contribution < -0.4 is 15.8 Å². The standard InChI is InChI=1S/C25H25N5O2/c1-16-11-21(23(15-27-16)32-22(14-26)17-5-3-2-4-6-17)19-9-10-30-20(12-19)13-24(29-30)28-25(31)18-7-8-18/h2-6,9-13,15,18,22H,7-8,14,26H2,1H3,(H,28,29,31)/t22-/m1/s1. The smallest absolute Gasteiger partial charge is 0.228 e. The van der Waals surface area contributed by atoms with Crippen molar-refractivity contribution in [3.8, 4) is 16.9 Å². The minimum Gasteiger partial charge on any atom is -0.482 e. The van der Waals surface area contributed by atoms with Crippen LogP contribution in [0.15, 0.2) is 67.0 Å². The molecule has 4 aromatic rings. The van der Waals surface area contributed by atoms with Gasteiger partial charge in [-0.3, -0.25) is 9.78 Å². The van der Waals surface area contributed by atoms with E-state index in [0.717, 1.165) is 40.7 Å². The summed E-state index contributed by atoms with van der Waals surface area (Å²) < 4.78 is 8.08. The molecule has 3 aromatic heterocycles. The molecule has 0 spiro atoms. The molecule has 3 heterocycles. The van der Waals surface area contributed by atoms with E-state index in [0.29, 0.717) is 18.1 Å². The quantitative estimate of drug-likeness (QED) is 0.462. The Labute approximate surface area is 186 Å². The molecular weight excluding hydrogens is 402 g/mol. The highest BCUT2D eigenvalue weighted by molar-refractivity contribution is 5.93. The predicted molar refractivity (Wildman–Crippen MR) is 123 cm³/mol. The predicted octanol–water partition coefficient (Wildman–Crippen LogP) is 4.13. The van der Waals surface area contributed by atoms with Gasteiger partial charge in [0.25, 0.3) is 0 Å². The molecule has 3 N–H and O–H groups in total. The van der Waals surface area contributed by atoms with Gasteiger partial charge in [-0.1, -0.05) is 30.3 Å². The minimum atomic E-state index is -0.276. The molecule has 1 aromatic carbocycles. The lowest BCUT2D eigenvalue weighted by atomic mass is 10.1. The molecule has 7 nitrogen and oxygen atoms in total. The molecule has 7 heteroatoms. The zero-order valence-corrected chi connectivity index (χ0v) is 17.9. The first-order valence-electron chi connectivity index (χ1n) is 10.8. The van der Waals surface area contributed by atoms with Crippen molar-refractivity contribution in [2.45, 2.75) is 25.9 Å². The molecule has 1 saturated carbocycles. The topological polar surface area (TPSA) is 94.5 Å². The Bertz CT molecular complexity index is 1260. The Morgan fingerprint density at radius 1 is 1.22 bits per heavy atom. The van der Waals surface area contributed by atoms with Gasteiger partial charge in [-0.05, 0) is 49.1 Å². The van der Waals surface area contributed by atoms with Crippen LogP contribution in [0.4, 0.5) is 5.82 Å². The first-order valence-corrected chi connectivity index (χ1v) is 10.8. The number of nitrogens with two attached hydrogens (primary N) is 1. The highest BCUT2D eigenvalue weighted by atomic mass is 16.5. The molecule has 1 amide bonds. The maximum absolute atomic E-state index is 12.1. The van der Waals surface area contributed by atoms with Crippen LogP contribution in [0.1, 0.15) is 30.2 Å². The van der Waals surface area contributed by atoms with Crippen LogP contribution in [0.2, 0.25) is 0 Å².